The quantitative estimate of drug-likeness (QED) is 0.382. The molecule has 1 aliphatic rings. The summed E-state index contributed by atoms with van der Waals surface area (Å²) in [4.78, 5) is 11.4. The molecule has 1 N–H and O–H groups in total. The molecule has 5 rings (SSSR count). The van der Waals surface area contributed by atoms with Gasteiger partial charge in [-0.15, -0.1) is 0 Å². The molecular weight excluding hydrogens is 470 g/mol. The Kier molecular flexibility index (Phi) is 5.29. The van der Waals surface area contributed by atoms with E-state index in [1.54, 1.807) is 0 Å². The first kappa shape index (κ1) is 19.9. The van der Waals surface area contributed by atoms with Crippen molar-refractivity contribution >= 4 is 38.9 Å². The zero-order valence-electron chi connectivity index (χ0n) is 16.8. The van der Waals surface area contributed by atoms with Gasteiger partial charge in [0, 0.05) is 34.4 Å². The van der Waals surface area contributed by atoms with Crippen molar-refractivity contribution in [2.45, 2.75) is 19.0 Å². The molecule has 0 bridgehead atoms. The minimum Gasteiger partial charge on any atom is -0.351 e. The van der Waals surface area contributed by atoms with Crippen molar-refractivity contribution < 1.29 is 0 Å². The smallest absolute Gasteiger partial charge is 0.174 e. The number of nitrogens with one attached hydrogen (secondary N) is 1. The van der Waals surface area contributed by atoms with Gasteiger partial charge in [-0.1, -0.05) is 28.1 Å². The SMILES string of the molecule is Cc1ccc(-n2cccc2C2C(c3ccccn3)NC(=S)N2c2ccc(Br)cc2)nc1. The van der Waals surface area contributed by atoms with E-state index >= 15 is 0 Å². The Morgan fingerprint density at radius 3 is 2.52 bits per heavy atom. The van der Waals surface area contributed by atoms with E-state index in [0.29, 0.717) is 5.11 Å². The monoisotopic (exact) mass is 489 g/mol. The molecule has 2 atom stereocenters. The standard InChI is InChI=1S/C24H20BrN5S/c1-16-7-12-21(27-15-16)29-14-4-6-20(29)23-22(19-5-2-3-13-26-19)28-24(31)30(23)18-10-8-17(25)9-11-18/h2-15,22-23H,1H3,(H,28,31). The zero-order chi connectivity index (χ0) is 21.4. The third-order valence-corrected chi connectivity index (χ3v) is 6.27. The lowest BCUT2D eigenvalue weighted by atomic mass is 10.0. The molecule has 0 aliphatic carbocycles. The summed E-state index contributed by atoms with van der Waals surface area (Å²) in [6.07, 6.45) is 5.75. The second-order valence-electron chi connectivity index (χ2n) is 7.47. The Morgan fingerprint density at radius 1 is 0.968 bits per heavy atom. The van der Waals surface area contributed by atoms with Crippen LogP contribution >= 0.6 is 28.1 Å². The number of hydrogen-bond donors (Lipinski definition) is 1. The molecule has 2 unspecified atom stereocenters. The van der Waals surface area contributed by atoms with E-state index in [2.05, 4.69) is 64.9 Å². The summed E-state index contributed by atoms with van der Waals surface area (Å²) in [7, 11) is 0. The van der Waals surface area contributed by atoms with Gasteiger partial charge in [0.15, 0.2) is 5.11 Å². The molecule has 31 heavy (non-hydrogen) atoms. The fourth-order valence-corrected chi connectivity index (χ4v) is 4.59. The summed E-state index contributed by atoms with van der Waals surface area (Å²) in [5.41, 5.74) is 4.18. The van der Waals surface area contributed by atoms with Crippen molar-refractivity contribution in [3.63, 3.8) is 0 Å². The predicted molar refractivity (Wildman–Crippen MR) is 130 cm³/mol. The van der Waals surface area contributed by atoms with E-state index in [4.69, 9.17) is 12.2 Å². The van der Waals surface area contributed by atoms with Crippen molar-refractivity contribution in [1.29, 1.82) is 0 Å². The molecule has 154 valence electrons. The Morgan fingerprint density at radius 2 is 1.81 bits per heavy atom. The van der Waals surface area contributed by atoms with E-state index in [-0.39, 0.29) is 12.1 Å². The molecule has 0 amide bonds. The zero-order valence-corrected chi connectivity index (χ0v) is 19.2. The summed E-state index contributed by atoms with van der Waals surface area (Å²) in [6.45, 7) is 2.04. The van der Waals surface area contributed by atoms with Crippen molar-refractivity contribution in [3.8, 4) is 5.82 Å². The van der Waals surface area contributed by atoms with Crippen LogP contribution in [0.2, 0.25) is 0 Å². The maximum absolute atomic E-state index is 5.81. The van der Waals surface area contributed by atoms with Crippen molar-refractivity contribution in [1.82, 2.24) is 19.9 Å². The fourth-order valence-electron chi connectivity index (χ4n) is 3.98. The highest BCUT2D eigenvalue weighted by Gasteiger charge is 2.42. The van der Waals surface area contributed by atoms with Gasteiger partial charge in [-0.3, -0.25) is 4.98 Å². The molecule has 0 saturated carbocycles. The molecule has 0 spiro atoms. The van der Waals surface area contributed by atoms with Crippen LogP contribution in [-0.2, 0) is 0 Å². The molecular formula is C24H20BrN5S. The van der Waals surface area contributed by atoms with Crippen LogP contribution in [0.25, 0.3) is 5.82 Å². The number of nitrogens with zero attached hydrogens (tertiary/aromatic N) is 4. The molecule has 1 aliphatic heterocycles. The summed E-state index contributed by atoms with van der Waals surface area (Å²) in [6, 6.07) is 22.3. The number of halogens is 1. The van der Waals surface area contributed by atoms with Crippen LogP contribution in [0.5, 0.6) is 0 Å². The van der Waals surface area contributed by atoms with Crippen molar-refractivity contribution in [2.75, 3.05) is 4.90 Å². The fraction of sp³-hybridized carbons (Fsp3) is 0.125. The minimum atomic E-state index is -0.101. The average molecular weight is 490 g/mol. The molecule has 1 fully saturated rings. The largest absolute Gasteiger partial charge is 0.351 e. The molecule has 3 aromatic heterocycles. The second kappa shape index (κ2) is 8.24. The normalized spacial score (nSPS) is 18.3. The van der Waals surface area contributed by atoms with Gasteiger partial charge in [-0.2, -0.15) is 0 Å². The Bertz CT molecular complexity index is 1200. The lowest BCUT2D eigenvalue weighted by Crippen LogP contribution is -2.30. The number of aryl methyl sites for hydroxylation is 1. The number of anilines is 1. The highest BCUT2D eigenvalue weighted by Crippen LogP contribution is 2.42. The van der Waals surface area contributed by atoms with Gasteiger partial charge in [0.2, 0.25) is 0 Å². The van der Waals surface area contributed by atoms with E-state index in [1.165, 1.54) is 0 Å². The number of pyridine rings is 2. The topological polar surface area (TPSA) is 46.0 Å². The summed E-state index contributed by atoms with van der Waals surface area (Å²) in [5, 5.41) is 4.18. The number of hydrogen-bond acceptors (Lipinski definition) is 3. The van der Waals surface area contributed by atoms with Gasteiger partial charge in [-0.05, 0) is 79.3 Å². The molecule has 1 saturated heterocycles. The summed E-state index contributed by atoms with van der Waals surface area (Å²) >= 11 is 9.34. The van der Waals surface area contributed by atoms with Gasteiger partial charge in [0.05, 0.1) is 11.7 Å². The highest BCUT2D eigenvalue weighted by atomic mass is 79.9. The average Bonchev–Trinajstić information content (AvgIpc) is 3.40. The lowest BCUT2D eigenvalue weighted by molar-refractivity contribution is 0.548. The van der Waals surface area contributed by atoms with Crippen molar-refractivity contribution in [3.05, 3.63) is 107 Å². The maximum atomic E-state index is 5.81. The Hall–Kier alpha value is -3.03. The number of thiocarbonyl (C=S) groups is 1. The number of benzene rings is 1. The highest BCUT2D eigenvalue weighted by molar-refractivity contribution is 9.10. The first-order chi connectivity index (χ1) is 15.1. The molecule has 4 aromatic rings. The molecule has 1 aromatic carbocycles. The minimum absolute atomic E-state index is 0.0957. The van der Waals surface area contributed by atoms with Crippen LogP contribution in [0.4, 0.5) is 5.69 Å². The first-order valence-electron chi connectivity index (χ1n) is 9.98. The van der Waals surface area contributed by atoms with Crippen LogP contribution in [0.1, 0.15) is 29.0 Å². The molecule has 0 radical (unpaired) electrons. The number of aromatic nitrogens is 3. The maximum Gasteiger partial charge on any atom is 0.174 e. The van der Waals surface area contributed by atoms with Crippen LogP contribution in [0.3, 0.4) is 0 Å². The van der Waals surface area contributed by atoms with Gasteiger partial charge < -0.3 is 14.8 Å². The van der Waals surface area contributed by atoms with Crippen LogP contribution in [0.15, 0.2) is 89.8 Å². The van der Waals surface area contributed by atoms with Crippen LogP contribution in [0, 0.1) is 6.92 Å². The summed E-state index contributed by atoms with van der Waals surface area (Å²) in [5.74, 6) is 0.874. The third-order valence-electron chi connectivity index (χ3n) is 5.43. The van der Waals surface area contributed by atoms with E-state index in [9.17, 15) is 0 Å². The van der Waals surface area contributed by atoms with Crippen LogP contribution in [-0.4, -0.2) is 19.6 Å². The van der Waals surface area contributed by atoms with Gasteiger partial charge in [-0.25, -0.2) is 4.98 Å². The first-order valence-corrected chi connectivity index (χ1v) is 11.2. The molecule has 4 heterocycles. The lowest BCUT2D eigenvalue weighted by Gasteiger charge is -2.28. The van der Waals surface area contributed by atoms with E-state index in [1.807, 2.05) is 68.0 Å². The van der Waals surface area contributed by atoms with E-state index < -0.39 is 0 Å². The van der Waals surface area contributed by atoms with Crippen LogP contribution < -0.4 is 10.2 Å². The predicted octanol–water partition coefficient (Wildman–Crippen LogP) is 5.52. The Balaban J connectivity index is 1.66. The Labute approximate surface area is 194 Å². The van der Waals surface area contributed by atoms with Gasteiger partial charge >= 0.3 is 0 Å². The summed E-state index contributed by atoms with van der Waals surface area (Å²) < 4.78 is 3.15. The second-order valence-corrected chi connectivity index (χ2v) is 8.77. The third kappa shape index (κ3) is 3.75. The number of rotatable bonds is 4. The molecule has 7 heteroatoms. The molecule has 5 nitrogen and oxygen atoms in total. The van der Waals surface area contributed by atoms with Crippen molar-refractivity contribution in [2.24, 2.45) is 0 Å². The van der Waals surface area contributed by atoms with Gasteiger partial charge in [0.25, 0.3) is 0 Å². The van der Waals surface area contributed by atoms with E-state index in [0.717, 1.165) is 32.9 Å². The van der Waals surface area contributed by atoms with Gasteiger partial charge in [0.1, 0.15) is 11.9 Å².